The molecule has 0 aromatic heterocycles. The lowest BCUT2D eigenvalue weighted by Crippen LogP contribution is -2.33. The van der Waals surface area contributed by atoms with Gasteiger partial charge in [0.15, 0.2) is 5.71 Å². The lowest BCUT2D eigenvalue weighted by molar-refractivity contribution is -0.438. The Balaban J connectivity index is 1.49. The molecular weight excluding hydrogens is 1140 g/mol. The topological polar surface area (TPSA) is 366 Å². The number of aliphatic carboxylic acids is 1. The fourth-order valence-corrected chi connectivity index (χ4v) is 13.6. The monoisotopic (exact) mass is 1200 g/mol. The van der Waals surface area contributed by atoms with Crippen LogP contribution in [-0.2, 0) is 85.2 Å². The summed E-state index contributed by atoms with van der Waals surface area (Å²) in [5, 5.41) is 8.88. The first-order valence-corrected chi connectivity index (χ1v) is 32.0. The molecule has 6 rings (SSSR count). The molecule has 0 aliphatic carbocycles. The number of likely N-dealkylation sites (N-methyl/N-ethyl adjacent to an activating group) is 1. The van der Waals surface area contributed by atoms with Gasteiger partial charge in [-0.15, -0.1) is 0 Å². The minimum absolute atomic E-state index is 0.0142. The number of carboxylic acids is 1. The molecule has 4 aromatic rings. The van der Waals surface area contributed by atoms with E-state index in [9.17, 15) is 74.8 Å². The maximum absolute atomic E-state index is 12.8. The number of methoxy groups -OCH3 is 1. The second-order valence-corrected chi connectivity index (χ2v) is 26.1. The van der Waals surface area contributed by atoms with Crippen molar-refractivity contribution in [3.05, 3.63) is 95.7 Å². The smallest absolute Gasteiger partial charge is 0.303 e. The average Bonchev–Trinajstić information content (AvgIpc) is 3.97. The third-order valence-electron chi connectivity index (χ3n) is 13.9. The molecule has 23 nitrogen and oxygen atoms in total. The number of benzene rings is 4. The highest BCUT2D eigenvalue weighted by molar-refractivity contribution is 7.87. The van der Waals surface area contributed by atoms with Gasteiger partial charge in [-0.1, -0.05) is 24.3 Å². The van der Waals surface area contributed by atoms with E-state index in [4.69, 9.17) is 18.9 Å². The van der Waals surface area contributed by atoms with Crippen molar-refractivity contribution < 1.29 is 98.3 Å². The van der Waals surface area contributed by atoms with Crippen LogP contribution < -0.4 is 4.90 Å². The van der Waals surface area contributed by atoms with Gasteiger partial charge in [0.1, 0.15) is 47.0 Å². The number of fused-ring (bicyclic) bond motifs is 6. The number of hydrogen-bond acceptors (Lipinski definition) is 21. The Morgan fingerprint density at radius 2 is 1.16 bits per heavy atom. The van der Waals surface area contributed by atoms with E-state index in [1.807, 2.05) is 4.58 Å². The number of allylic oxidation sites excluding steroid dienone is 6. The van der Waals surface area contributed by atoms with Crippen molar-refractivity contribution in [2.45, 2.75) is 96.1 Å². The zero-order valence-electron chi connectivity index (χ0n) is 43.6. The van der Waals surface area contributed by atoms with E-state index >= 15 is 0 Å². The lowest BCUT2D eigenvalue weighted by atomic mass is 9.75. The zero-order valence-corrected chi connectivity index (χ0v) is 47.7. The van der Waals surface area contributed by atoms with Crippen molar-refractivity contribution in [1.29, 1.82) is 0 Å². The van der Waals surface area contributed by atoms with Crippen LogP contribution in [0.1, 0.15) is 76.8 Å². The third-order valence-corrected chi connectivity index (χ3v) is 18.1. The van der Waals surface area contributed by atoms with Gasteiger partial charge in [-0.2, -0.15) is 4.58 Å². The summed E-state index contributed by atoms with van der Waals surface area (Å²) in [5.74, 6) is -1.80. The molecular formula is C51H60N2O21S5-4. The molecule has 2 unspecified atom stereocenters. The van der Waals surface area contributed by atoms with Crippen molar-refractivity contribution in [3.63, 3.8) is 0 Å². The van der Waals surface area contributed by atoms with Crippen LogP contribution in [0.5, 0.6) is 0 Å². The minimum Gasteiger partial charge on any atom is -0.748 e. The number of nitrogens with zero attached hydrogens (tertiary/aromatic N) is 2. The fraction of sp³-hybridized carbons (Fsp3) is 0.451. The summed E-state index contributed by atoms with van der Waals surface area (Å²) in [4.78, 5) is 9.33. The van der Waals surface area contributed by atoms with E-state index < -0.39 is 92.7 Å². The molecule has 2 aliphatic heterocycles. The highest BCUT2D eigenvalue weighted by Crippen LogP contribution is 2.54. The Morgan fingerprint density at radius 1 is 0.620 bits per heavy atom. The normalized spacial score (nSPS) is 18.8. The van der Waals surface area contributed by atoms with Gasteiger partial charge in [0.25, 0.3) is 0 Å². The SMILES string of the molecule is CCN1C(=CC=CC=CC2=[N+](CCCCCC(=O)O)c3ccc4c(S(=O)(=O)[O-])cc(S(=O)(=O)[O-])cc4c3C2(C)CCOCCOCCOCCOC)C(C)(CCCS(=O)(=O)[O-])c2c1ccc1c(S(=O)(=O)[O-])cc(S(=O)(=O)[O-])cc21. The van der Waals surface area contributed by atoms with Crippen LogP contribution in [0.25, 0.3) is 21.5 Å². The van der Waals surface area contributed by atoms with Gasteiger partial charge in [0, 0.05) is 78.7 Å². The van der Waals surface area contributed by atoms with Gasteiger partial charge < -0.3 is 51.7 Å². The van der Waals surface area contributed by atoms with Crippen molar-refractivity contribution >= 4 is 95.2 Å². The van der Waals surface area contributed by atoms with Gasteiger partial charge in [-0.05, 0) is 117 Å². The van der Waals surface area contributed by atoms with Crippen LogP contribution >= 0.6 is 0 Å². The number of carbonyl (C=O) groups is 1. The Bertz CT molecular complexity index is 3690. The van der Waals surface area contributed by atoms with Gasteiger partial charge >= 0.3 is 5.97 Å². The molecule has 0 saturated carbocycles. The first-order chi connectivity index (χ1) is 36.9. The first kappa shape index (κ1) is 63.1. The predicted molar refractivity (Wildman–Crippen MR) is 282 cm³/mol. The molecule has 2 atom stereocenters. The van der Waals surface area contributed by atoms with Gasteiger partial charge in [0.2, 0.25) is 5.69 Å². The highest BCUT2D eigenvalue weighted by Gasteiger charge is 2.49. The molecule has 0 bridgehead atoms. The molecule has 0 saturated heterocycles. The molecule has 0 amide bonds. The van der Waals surface area contributed by atoms with Crippen molar-refractivity contribution in [3.8, 4) is 0 Å². The summed E-state index contributed by atoms with van der Waals surface area (Å²) in [6.07, 6.45) is 9.18. The average molecular weight is 1200 g/mol. The van der Waals surface area contributed by atoms with Crippen molar-refractivity contribution in [2.24, 2.45) is 0 Å². The predicted octanol–water partition coefficient (Wildman–Crippen LogP) is 4.82. The summed E-state index contributed by atoms with van der Waals surface area (Å²) in [6.45, 7) is 7.40. The van der Waals surface area contributed by atoms with E-state index in [0.29, 0.717) is 79.6 Å². The third kappa shape index (κ3) is 14.9. The van der Waals surface area contributed by atoms with Crippen molar-refractivity contribution in [2.75, 3.05) is 77.1 Å². The van der Waals surface area contributed by atoms with E-state index in [-0.39, 0.29) is 92.3 Å². The van der Waals surface area contributed by atoms with Crippen LogP contribution in [0, 0.1) is 0 Å². The molecule has 79 heavy (non-hydrogen) atoms. The Morgan fingerprint density at radius 3 is 1.68 bits per heavy atom. The Labute approximate surface area is 460 Å². The quantitative estimate of drug-likeness (QED) is 0.0316. The van der Waals surface area contributed by atoms with Crippen molar-refractivity contribution in [1.82, 2.24) is 0 Å². The Kier molecular flexibility index (Phi) is 20.3. The van der Waals surface area contributed by atoms with Gasteiger partial charge in [-0.25, -0.2) is 42.1 Å². The molecule has 0 radical (unpaired) electrons. The number of hydrogen-bond donors (Lipinski definition) is 1. The lowest BCUT2D eigenvalue weighted by Gasteiger charge is -2.30. The molecule has 2 heterocycles. The maximum Gasteiger partial charge on any atom is 0.303 e. The molecule has 1 N–H and O–H groups in total. The van der Waals surface area contributed by atoms with E-state index in [1.54, 1.807) is 69.2 Å². The highest BCUT2D eigenvalue weighted by atomic mass is 32.2. The van der Waals surface area contributed by atoms with Gasteiger partial charge in [-0.3, -0.25) is 4.79 Å². The summed E-state index contributed by atoms with van der Waals surface area (Å²) >= 11 is 0. The van der Waals surface area contributed by atoms with Crippen LogP contribution in [0.3, 0.4) is 0 Å². The summed E-state index contributed by atoms with van der Waals surface area (Å²) in [6, 6.07) is 8.73. The number of ether oxygens (including phenoxy) is 4. The number of unbranched alkanes of at least 4 members (excludes halogenated alkanes) is 2. The van der Waals surface area contributed by atoms with Crippen LogP contribution in [0.2, 0.25) is 0 Å². The number of carboxylic acid groups (broad SMARTS) is 1. The Hall–Kier alpha value is -5.05. The standard InChI is InChI=1S/C51H64N2O21S5/c1-5-52-41-18-16-37-39(31-35(76(59,60)61)33-43(37)78(65,66)67)48(41)50(2,20-12-30-75(56,57)58)45(52)13-8-6-9-14-46-51(3,21-23-72-26-27-74-29-28-73-25-24-71-4)49-40-32-36(77(62,63)64)34-44(79(68,69)70)38(40)17-19-42(49)53(46)22-11-7-10-15-47(54)55/h6,8-9,13-14,16-19,31-34H,5,7,10-12,15,20-30H2,1-4H3,(H5-,54,55,56,57,58,59,60,61,62,63,64,65,66,67,68,69,70)/p-4. The molecule has 2 aliphatic rings. The maximum atomic E-state index is 12.8. The minimum atomic E-state index is -5.39. The second kappa shape index (κ2) is 25.4. The molecule has 0 fully saturated rings. The van der Waals surface area contributed by atoms with Gasteiger partial charge in [0.05, 0.1) is 74.8 Å². The first-order valence-electron chi connectivity index (χ1n) is 24.8. The fourth-order valence-electron chi connectivity index (χ4n) is 10.4. The van der Waals surface area contributed by atoms with E-state index in [0.717, 1.165) is 12.1 Å². The van der Waals surface area contributed by atoms with Crippen LogP contribution in [0.15, 0.2) is 104 Å². The van der Waals surface area contributed by atoms with E-state index in [2.05, 4.69) is 0 Å². The number of anilines is 1. The molecule has 28 heteroatoms. The zero-order chi connectivity index (χ0) is 58.4. The van der Waals surface area contributed by atoms with E-state index in [1.165, 1.54) is 18.2 Å². The summed E-state index contributed by atoms with van der Waals surface area (Å²) < 4.78 is 211. The molecule has 434 valence electrons. The largest absolute Gasteiger partial charge is 0.748 e. The van der Waals surface area contributed by atoms with Crippen LogP contribution in [-0.4, -0.2) is 158 Å². The summed E-state index contributed by atoms with van der Waals surface area (Å²) in [7, 11) is -24.7. The molecule has 0 spiro atoms. The number of rotatable bonds is 30. The van der Waals surface area contributed by atoms with Crippen LogP contribution in [0.4, 0.5) is 11.4 Å². The second-order valence-electron chi connectivity index (χ2n) is 19.2. The summed E-state index contributed by atoms with van der Waals surface area (Å²) in [5.41, 5.74) is -0.0859. The molecule has 4 aromatic carbocycles.